The molecule has 0 saturated heterocycles. The summed E-state index contributed by atoms with van der Waals surface area (Å²) in [4.78, 5) is 59.5. The Morgan fingerprint density at radius 3 is 1.81 bits per heavy atom. The standard InChI is InChI=1S/C19H34N4O8/c1-9(2)7-13(17(28)21-12(19(30)31)5-6-14(25)26)22-18(29)15(10(3)4)23-16(27)11(20)8-24/h9-13,15,24H,5-8,20H2,1-4H3,(H,21,28)(H,22,29)(H,23,27)(H,25,26)(H,30,31). The minimum absolute atomic E-state index is 0.0479. The molecule has 0 aromatic carbocycles. The summed E-state index contributed by atoms with van der Waals surface area (Å²) < 4.78 is 0. The van der Waals surface area contributed by atoms with Gasteiger partial charge in [0.1, 0.15) is 24.2 Å². The predicted molar refractivity (Wildman–Crippen MR) is 110 cm³/mol. The lowest BCUT2D eigenvalue weighted by Gasteiger charge is -2.27. The summed E-state index contributed by atoms with van der Waals surface area (Å²) >= 11 is 0. The van der Waals surface area contributed by atoms with E-state index in [0.29, 0.717) is 0 Å². The van der Waals surface area contributed by atoms with Gasteiger partial charge in [0.05, 0.1) is 6.61 Å². The van der Waals surface area contributed by atoms with E-state index in [9.17, 15) is 29.1 Å². The maximum atomic E-state index is 12.8. The van der Waals surface area contributed by atoms with Crippen molar-refractivity contribution in [2.75, 3.05) is 6.61 Å². The number of aliphatic carboxylic acids is 2. The molecular weight excluding hydrogens is 412 g/mol. The van der Waals surface area contributed by atoms with Gasteiger partial charge in [-0.25, -0.2) is 4.79 Å². The molecule has 0 saturated carbocycles. The molecule has 0 bridgehead atoms. The van der Waals surface area contributed by atoms with Gasteiger partial charge in [-0.05, 0) is 24.7 Å². The number of rotatable bonds is 14. The maximum absolute atomic E-state index is 12.8. The van der Waals surface area contributed by atoms with Crippen LogP contribution in [0.3, 0.4) is 0 Å². The van der Waals surface area contributed by atoms with E-state index in [0.717, 1.165) is 0 Å². The minimum atomic E-state index is -1.43. The van der Waals surface area contributed by atoms with Crippen LogP contribution in [0.5, 0.6) is 0 Å². The number of hydrogen-bond donors (Lipinski definition) is 7. The van der Waals surface area contributed by atoms with Crippen molar-refractivity contribution in [3.63, 3.8) is 0 Å². The van der Waals surface area contributed by atoms with E-state index >= 15 is 0 Å². The largest absolute Gasteiger partial charge is 0.481 e. The van der Waals surface area contributed by atoms with Gasteiger partial charge in [-0.15, -0.1) is 0 Å². The van der Waals surface area contributed by atoms with Gasteiger partial charge in [0, 0.05) is 6.42 Å². The second-order valence-corrected chi connectivity index (χ2v) is 8.04. The molecule has 31 heavy (non-hydrogen) atoms. The van der Waals surface area contributed by atoms with Crippen molar-refractivity contribution in [3.8, 4) is 0 Å². The van der Waals surface area contributed by atoms with Crippen LogP contribution in [0.2, 0.25) is 0 Å². The molecule has 0 rings (SSSR count). The molecule has 12 heteroatoms. The Kier molecular flexibility index (Phi) is 12.4. The van der Waals surface area contributed by atoms with E-state index < -0.39 is 66.9 Å². The Labute approximate surface area is 180 Å². The van der Waals surface area contributed by atoms with Crippen molar-refractivity contribution in [1.29, 1.82) is 0 Å². The van der Waals surface area contributed by atoms with Crippen LogP contribution in [0.25, 0.3) is 0 Å². The van der Waals surface area contributed by atoms with E-state index in [4.69, 9.17) is 15.9 Å². The van der Waals surface area contributed by atoms with Crippen molar-refractivity contribution in [1.82, 2.24) is 16.0 Å². The first-order chi connectivity index (χ1) is 14.3. The number of carboxylic acid groups (broad SMARTS) is 2. The van der Waals surface area contributed by atoms with Gasteiger partial charge < -0.3 is 37.0 Å². The second-order valence-electron chi connectivity index (χ2n) is 8.04. The highest BCUT2D eigenvalue weighted by atomic mass is 16.4. The van der Waals surface area contributed by atoms with Crippen molar-refractivity contribution in [2.24, 2.45) is 17.6 Å². The number of aliphatic hydroxyl groups is 1. The fourth-order valence-corrected chi connectivity index (χ4v) is 2.64. The van der Waals surface area contributed by atoms with Crippen LogP contribution in [-0.2, 0) is 24.0 Å². The van der Waals surface area contributed by atoms with Gasteiger partial charge >= 0.3 is 11.9 Å². The third kappa shape index (κ3) is 10.7. The highest BCUT2D eigenvalue weighted by Crippen LogP contribution is 2.09. The SMILES string of the molecule is CC(C)CC(NC(=O)C(NC(=O)C(N)CO)C(C)C)C(=O)NC(CCC(=O)O)C(=O)O. The van der Waals surface area contributed by atoms with Crippen LogP contribution in [0.15, 0.2) is 0 Å². The molecule has 0 aromatic heterocycles. The van der Waals surface area contributed by atoms with Crippen LogP contribution < -0.4 is 21.7 Å². The minimum Gasteiger partial charge on any atom is -0.481 e. The first-order valence-corrected chi connectivity index (χ1v) is 10.0. The lowest BCUT2D eigenvalue weighted by atomic mass is 9.99. The zero-order valence-corrected chi connectivity index (χ0v) is 18.3. The van der Waals surface area contributed by atoms with E-state index in [1.165, 1.54) is 0 Å². The van der Waals surface area contributed by atoms with E-state index in [1.54, 1.807) is 27.7 Å². The maximum Gasteiger partial charge on any atom is 0.326 e. The first-order valence-electron chi connectivity index (χ1n) is 10.0. The zero-order chi connectivity index (χ0) is 24.3. The molecule has 0 heterocycles. The Hall–Kier alpha value is -2.73. The zero-order valence-electron chi connectivity index (χ0n) is 18.3. The molecule has 0 aliphatic carbocycles. The molecule has 4 unspecified atom stereocenters. The lowest BCUT2D eigenvalue weighted by molar-refractivity contribution is -0.143. The Morgan fingerprint density at radius 2 is 1.39 bits per heavy atom. The molecule has 0 spiro atoms. The number of carboxylic acids is 2. The highest BCUT2D eigenvalue weighted by Gasteiger charge is 2.32. The molecule has 0 aliphatic rings. The Morgan fingerprint density at radius 1 is 0.839 bits per heavy atom. The fraction of sp³-hybridized carbons (Fsp3) is 0.737. The van der Waals surface area contributed by atoms with Gasteiger partial charge in [-0.2, -0.15) is 0 Å². The highest BCUT2D eigenvalue weighted by molar-refractivity contribution is 5.94. The average molecular weight is 447 g/mol. The summed E-state index contributed by atoms with van der Waals surface area (Å²) in [5.41, 5.74) is 5.46. The smallest absolute Gasteiger partial charge is 0.326 e. The summed E-state index contributed by atoms with van der Waals surface area (Å²) in [6, 6.07) is -4.80. The summed E-state index contributed by atoms with van der Waals surface area (Å²) in [7, 11) is 0. The number of amides is 3. The topological polar surface area (TPSA) is 208 Å². The molecule has 12 nitrogen and oxygen atoms in total. The van der Waals surface area contributed by atoms with Crippen LogP contribution in [-0.4, -0.2) is 75.8 Å². The van der Waals surface area contributed by atoms with E-state index in [-0.39, 0.29) is 24.7 Å². The monoisotopic (exact) mass is 446 g/mol. The number of aliphatic hydroxyl groups excluding tert-OH is 1. The van der Waals surface area contributed by atoms with Gasteiger partial charge in [0.2, 0.25) is 17.7 Å². The fourth-order valence-electron chi connectivity index (χ4n) is 2.64. The van der Waals surface area contributed by atoms with Gasteiger partial charge in [0.25, 0.3) is 0 Å². The summed E-state index contributed by atoms with van der Waals surface area (Å²) in [5, 5.41) is 34.2. The predicted octanol–water partition coefficient (Wildman–Crippen LogP) is -1.59. The van der Waals surface area contributed by atoms with E-state index in [1.807, 2.05) is 0 Å². The summed E-state index contributed by atoms with van der Waals surface area (Å²) in [6.45, 7) is 6.32. The number of nitrogens with one attached hydrogen (secondary N) is 3. The Balaban J connectivity index is 5.40. The number of carbonyl (C=O) groups excluding carboxylic acids is 3. The molecule has 0 fully saturated rings. The molecule has 178 valence electrons. The molecular formula is C19H34N4O8. The molecule has 4 atom stereocenters. The Bertz CT molecular complexity index is 653. The summed E-state index contributed by atoms with van der Waals surface area (Å²) in [5.74, 6) is -5.21. The quantitative estimate of drug-likeness (QED) is 0.164. The van der Waals surface area contributed by atoms with Gasteiger partial charge in [-0.1, -0.05) is 27.7 Å². The number of hydrogen-bond acceptors (Lipinski definition) is 7. The van der Waals surface area contributed by atoms with Gasteiger partial charge in [-0.3, -0.25) is 19.2 Å². The molecule has 3 amide bonds. The lowest BCUT2D eigenvalue weighted by Crippen LogP contribution is -2.58. The van der Waals surface area contributed by atoms with Gasteiger partial charge in [0.15, 0.2) is 0 Å². The van der Waals surface area contributed by atoms with Crippen LogP contribution in [0.1, 0.15) is 47.0 Å². The van der Waals surface area contributed by atoms with Crippen LogP contribution >= 0.6 is 0 Å². The number of carbonyl (C=O) groups is 5. The molecule has 0 radical (unpaired) electrons. The van der Waals surface area contributed by atoms with Crippen molar-refractivity contribution < 1.29 is 39.3 Å². The van der Waals surface area contributed by atoms with Crippen LogP contribution in [0, 0.1) is 11.8 Å². The normalized spacial score (nSPS) is 15.0. The van der Waals surface area contributed by atoms with Crippen molar-refractivity contribution in [2.45, 2.75) is 71.1 Å². The van der Waals surface area contributed by atoms with Crippen LogP contribution in [0.4, 0.5) is 0 Å². The average Bonchev–Trinajstić information content (AvgIpc) is 2.66. The summed E-state index contributed by atoms with van der Waals surface area (Å²) in [6.07, 6.45) is -0.592. The van der Waals surface area contributed by atoms with Crippen molar-refractivity contribution in [3.05, 3.63) is 0 Å². The molecule has 0 aliphatic heterocycles. The molecule has 8 N–H and O–H groups in total. The second kappa shape index (κ2) is 13.5. The third-order valence-corrected chi connectivity index (χ3v) is 4.38. The third-order valence-electron chi connectivity index (χ3n) is 4.38. The molecule has 0 aromatic rings. The van der Waals surface area contributed by atoms with Crippen molar-refractivity contribution >= 4 is 29.7 Å². The van der Waals surface area contributed by atoms with E-state index in [2.05, 4.69) is 16.0 Å². The first kappa shape index (κ1) is 28.3. The number of nitrogens with two attached hydrogens (primary N) is 1.